The van der Waals surface area contributed by atoms with E-state index in [0.29, 0.717) is 16.9 Å². The zero-order valence-corrected chi connectivity index (χ0v) is 18.2. The number of carbonyl (C=O) groups is 3. The van der Waals surface area contributed by atoms with Crippen molar-refractivity contribution in [3.63, 3.8) is 0 Å². The summed E-state index contributed by atoms with van der Waals surface area (Å²) in [6.45, 7) is 2.97. The standard InChI is InChI=1S/C24H23N3O6/c1-3-31-23(29)20-19(26-24(30)27-21(20)17-7-5-4-6-8-17)14-32-22(28)15(2)33-18-11-9-16(13-25)10-12-18/h4-12,15,21H,3,14H2,1-2H3,(H2,26,27,30)/t15-,21+/m0/s1. The summed E-state index contributed by atoms with van der Waals surface area (Å²) in [5.41, 5.74) is 1.42. The van der Waals surface area contributed by atoms with E-state index in [1.54, 1.807) is 55.5 Å². The number of nitrogens with one attached hydrogen (secondary N) is 2. The minimum absolute atomic E-state index is 0.130. The summed E-state index contributed by atoms with van der Waals surface area (Å²) in [6, 6.07) is 15.9. The maximum Gasteiger partial charge on any atom is 0.347 e. The highest BCUT2D eigenvalue weighted by atomic mass is 16.6. The lowest BCUT2D eigenvalue weighted by Gasteiger charge is -2.29. The van der Waals surface area contributed by atoms with Crippen molar-refractivity contribution in [2.45, 2.75) is 26.0 Å². The van der Waals surface area contributed by atoms with Gasteiger partial charge in [0.25, 0.3) is 0 Å². The summed E-state index contributed by atoms with van der Waals surface area (Å²) in [4.78, 5) is 37.5. The van der Waals surface area contributed by atoms with E-state index in [2.05, 4.69) is 10.6 Å². The molecule has 1 heterocycles. The van der Waals surface area contributed by atoms with Gasteiger partial charge >= 0.3 is 18.0 Å². The van der Waals surface area contributed by atoms with Crippen LogP contribution >= 0.6 is 0 Å². The topological polar surface area (TPSA) is 127 Å². The lowest BCUT2D eigenvalue weighted by molar-refractivity contribution is -0.150. The molecule has 0 bridgehead atoms. The fourth-order valence-electron chi connectivity index (χ4n) is 3.20. The third-order valence-electron chi connectivity index (χ3n) is 4.77. The summed E-state index contributed by atoms with van der Waals surface area (Å²) in [5, 5.41) is 14.1. The largest absolute Gasteiger partial charge is 0.479 e. The van der Waals surface area contributed by atoms with Gasteiger partial charge in [0, 0.05) is 0 Å². The first-order chi connectivity index (χ1) is 15.9. The van der Waals surface area contributed by atoms with Crippen LogP contribution in [0.15, 0.2) is 65.9 Å². The Morgan fingerprint density at radius 1 is 1.09 bits per heavy atom. The lowest BCUT2D eigenvalue weighted by atomic mass is 9.95. The van der Waals surface area contributed by atoms with E-state index >= 15 is 0 Å². The van der Waals surface area contributed by atoms with Crippen molar-refractivity contribution in [1.29, 1.82) is 5.26 Å². The average molecular weight is 449 g/mol. The molecule has 0 saturated carbocycles. The molecule has 170 valence electrons. The quantitative estimate of drug-likeness (QED) is 0.593. The first kappa shape index (κ1) is 23.3. The average Bonchev–Trinajstić information content (AvgIpc) is 2.83. The summed E-state index contributed by atoms with van der Waals surface area (Å²) >= 11 is 0. The Bertz CT molecular complexity index is 1090. The Morgan fingerprint density at radius 3 is 2.42 bits per heavy atom. The molecule has 0 aromatic heterocycles. The molecule has 33 heavy (non-hydrogen) atoms. The van der Waals surface area contributed by atoms with E-state index in [9.17, 15) is 14.4 Å². The molecule has 2 N–H and O–H groups in total. The van der Waals surface area contributed by atoms with E-state index < -0.39 is 30.1 Å². The molecular formula is C24H23N3O6. The van der Waals surface area contributed by atoms with Crippen LogP contribution in [0, 0.1) is 11.3 Å². The highest BCUT2D eigenvalue weighted by Gasteiger charge is 2.34. The second-order valence-electron chi connectivity index (χ2n) is 7.06. The summed E-state index contributed by atoms with van der Waals surface area (Å²) < 4.78 is 16.1. The molecule has 2 aromatic carbocycles. The van der Waals surface area contributed by atoms with E-state index in [4.69, 9.17) is 19.5 Å². The molecule has 1 aliphatic rings. The number of nitriles is 1. The van der Waals surface area contributed by atoms with Crippen LogP contribution in [0.25, 0.3) is 0 Å². The van der Waals surface area contributed by atoms with Crippen molar-refractivity contribution >= 4 is 18.0 Å². The van der Waals surface area contributed by atoms with Gasteiger partial charge in [-0.25, -0.2) is 14.4 Å². The second-order valence-corrected chi connectivity index (χ2v) is 7.06. The monoisotopic (exact) mass is 449 g/mol. The van der Waals surface area contributed by atoms with E-state index in [0.717, 1.165) is 0 Å². The molecule has 0 fully saturated rings. The predicted molar refractivity (Wildman–Crippen MR) is 117 cm³/mol. The minimum Gasteiger partial charge on any atom is -0.479 e. The van der Waals surface area contributed by atoms with Crippen LogP contribution in [0.5, 0.6) is 5.75 Å². The number of hydrogen-bond donors (Lipinski definition) is 2. The molecule has 2 aromatic rings. The van der Waals surface area contributed by atoms with Crippen molar-refractivity contribution in [2.24, 2.45) is 0 Å². The van der Waals surface area contributed by atoms with Gasteiger partial charge in [-0.05, 0) is 43.7 Å². The zero-order valence-electron chi connectivity index (χ0n) is 18.2. The molecule has 1 aliphatic heterocycles. The van der Waals surface area contributed by atoms with Gasteiger partial charge in [0.15, 0.2) is 6.10 Å². The smallest absolute Gasteiger partial charge is 0.347 e. The van der Waals surface area contributed by atoms with Crippen LogP contribution in [0.1, 0.15) is 31.0 Å². The van der Waals surface area contributed by atoms with Crippen LogP contribution < -0.4 is 15.4 Å². The maximum absolute atomic E-state index is 12.7. The van der Waals surface area contributed by atoms with E-state index in [1.165, 1.54) is 6.92 Å². The number of hydrogen-bond acceptors (Lipinski definition) is 7. The third kappa shape index (κ3) is 5.89. The van der Waals surface area contributed by atoms with Crippen molar-refractivity contribution in [1.82, 2.24) is 10.6 Å². The van der Waals surface area contributed by atoms with Gasteiger partial charge in [0.2, 0.25) is 0 Å². The molecule has 2 atom stereocenters. The molecule has 0 aliphatic carbocycles. The number of urea groups is 1. The van der Waals surface area contributed by atoms with Crippen molar-refractivity contribution < 1.29 is 28.6 Å². The number of nitrogens with zero attached hydrogens (tertiary/aromatic N) is 1. The van der Waals surface area contributed by atoms with Gasteiger partial charge < -0.3 is 24.8 Å². The molecule has 2 amide bonds. The molecule has 0 radical (unpaired) electrons. The minimum atomic E-state index is -0.966. The van der Waals surface area contributed by atoms with Crippen LogP contribution in [0.4, 0.5) is 4.79 Å². The zero-order chi connectivity index (χ0) is 23.8. The van der Waals surface area contributed by atoms with E-state index in [-0.39, 0.29) is 24.5 Å². The summed E-state index contributed by atoms with van der Waals surface area (Å²) in [7, 11) is 0. The lowest BCUT2D eigenvalue weighted by Crippen LogP contribution is -2.47. The first-order valence-corrected chi connectivity index (χ1v) is 10.3. The Labute approximate surface area is 190 Å². The molecular weight excluding hydrogens is 426 g/mol. The fraction of sp³-hybridized carbons (Fsp3) is 0.250. The van der Waals surface area contributed by atoms with Gasteiger partial charge in [0.05, 0.1) is 35.6 Å². The number of esters is 2. The highest BCUT2D eigenvalue weighted by molar-refractivity contribution is 5.95. The van der Waals surface area contributed by atoms with Crippen molar-refractivity contribution in [2.75, 3.05) is 13.2 Å². The first-order valence-electron chi connectivity index (χ1n) is 10.3. The summed E-state index contributed by atoms with van der Waals surface area (Å²) in [6.07, 6.45) is -0.966. The van der Waals surface area contributed by atoms with Crippen LogP contribution in [-0.4, -0.2) is 37.3 Å². The molecule has 9 heteroatoms. The van der Waals surface area contributed by atoms with Gasteiger partial charge in [0.1, 0.15) is 12.4 Å². The molecule has 3 rings (SSSR count). The van der Waals surface area contributed by atoms with Gasteiger partial charge in [-0.15, -0.1) is 0 Å². The fourth-order valence-corrected chi connectivity index (χ4v) is 3.20. The number of rotatable bonds is 8. The number of carbonyl (C=O) groups excluding carboxylic acids is 3. The normalized spacial score (nSPS) is 16.0. The Kier molecular flexibility index (Phi) is 7.65. The number of ether oxygens (including phenoxy) is 3. The van der Waals surface area contributed by atoms with Crippen LogP contribution in [0.2, 0.25) is 0 Å². The van der Waals surface area contributed by atoms with Crippen molar-refractivity contribution in [3.05, 3.63) is 77.0 Å². The summed E-state index contributed by atoms with van der Waals surface area (Å²) in [5.74, 6) is -0.935. The molecule has 9 nitrogen and oxygen atoms in total. The second kappa shape index (κ2) is 10.8. The molecule has 0 unspecified atom stereocenters. The van der Waals surface area contributed by atoms with Crippen molar-refractivity contribution in [3.8, 4) is 11.8 Å². The van der Waals surface area contributed by atoms with Gasteiger partial charge in [-0.3, -0.25) is 0 Å². The third-order valence-corrected chi connectivity index (χ3v) is 4.77. The molecule has 0 spiro atoms. The number of benzene rings is 2. The Hall–Kier alpha value is -4.32. The predicted octanol–water partition coefficient (Wildman–Crippen LogP) is 2.74. The SMILES string of the molecule is CCOC(=O)C1=C(COC(=O)[C@H](C)Oc2ccc(C#N)cc2)NC(=O)N[C@@H]1c1ccccc1. The van der Waals surface area contributed by atoms with Crippen LogP contribution in [0.3, 0.4) is 0 Å². The van der Waals surface area contributed by atoms with E-state index in [1.807, 2.05) is 12.1 Å². The number of amides is 2. The highest BCUT2D eigenvalue weighted by Crippen LogP contribution is 2.28. The van der Waals surface area contributed by atoms with Gasteiger partial charge in [-0.2, -0.15) is 5.26 Å². The molecule has 0 saturated heterocycles. The van der Waals surface area contributed by atoms with Gasteiger partial charge in [-0.1, -0.05) is 30.3 Å². The van der Waals surface area contributed by atoms with Crippen LogP contribution in [-0.2, 0) is 19.1 Å². The Balaban J connectivity index is 1.77. The maximum atomic E-state index is 12.7. The Morgan fingerprint density at radius 2 is 1.79 bits per heavy atom.